The second-order valence-electron chi connectivity index (χ2n) is 5.55. The fraction of sp³-hybridized carbons (Fsp3) is 0.867. The Morgan fingerprint density at radius 1 is 1.19 bits per heavy atom. The average Bonchev–Trinajstić information content (AvgIpc) is 2.85. The summed E-state index contributed by atoms with van der Waals surface area (Å²) in [7, 11) is 0. The molecule has 0 saturated heterocycles. The largest absolute Gasteiger partial charge is 0.481 e. The highest BCUT2D eigenvalue weighted by Crippen LogP contribution is 2.29. The molecule has 0 aromatic carbocycles. The van der Waals surface area contributed by atoms with E-state index >= 15 is 0 Å². The number of carboxylic acid groups (broad SMARTS) is 1. The molecule has 0 heterocycles. The summed E-state index contributed by atoms with van der Waals surface area (Å²) in [5.74, 6) is 0.412. The lowest BCUT2D eigenvalue weighted by Gasteiger charge is -2.14. The summed E-state index contributed by atoms with van der Waals surface area (Å²) in [5, 5.41) is 15.1. The van der Waals surface area contributed by atoms with E-state index in [9.17, 15) is 9.59 Å². The van der Waals surface area contributed by atoms with E-state index in [-0.39, 0.29) is 12.5 Å². The van der Waals surface area contributed by atoms with Crippen LogP contribution in [0.2, 0.25) is 0 Å². The van der Waals surface area contributed by atoms with Gasteiger partial charge in [-0.2, -0.15) is 11.8 Å². The first-order chi connectivity index (χ1) is 10.1. The zero-order valence-corrected chi connectivity index (χ0v) is 13.7. The number of hydrogen-bond donors (Lipinski definition) is 3. The van der Waals surface area contributed by atoms with Gasteiger partial charge in [-0.05, 0) is 37.9 Å². The molecule has 1 aliphatic rings. The molecule has 0 aromatic rings. The number of urea groups is 1. The average molecular weight is 316 g/mol. The summed E-state index contributed by atoms with van der Waals surface area (Å²) in [6, 6.07) is 0.261. The zero-order chi connectivity index (χ0) is 15.5. The molecule has 6 heteroatoms. The van der Waals surface area contributed by atoms with E-state index in [2.05, 4.69) is 17.6 Å². The number of thioether (sulfide) groups is 1. The Labute approximate surface area is 131 Å². The molecule has 3 N–H and O–H groups in total. The van der Waals surface area contributed by atoms with Gasteiger partial charge in [-0.15, -0.1) is 0 Å². The van der Waals surface area contributed by atoms with Crippen molar-refractivity contribution in [2.75, 3.05) is 12.3 Å². The van der Waals surface area contributed by atoms with Crippen LogP contribution in [-0.4, -0.2) is 40.7 Å². The molecule has 0 radical (unpaired) electrons. The molecule has 5 nitrogen and oxygen atoms in total. The van der Waals surface area contributed by atoms with Crippen molar-refractivity contribution < 1.29 is 14.7 Å². The van der Waals surface area contributed by atoms with Crippen molar-refractivity contribution >= 4 is 23.8 Å². The third-order valence-corrected chi connectivity index (χ3v) is 4.96. The first-order valence-electron chi connectivity index (χ1n) is 7.99. The van der Waals surface area contributed by atoms with E-state index in [0.717, 1.165) is 44.3 Å². The normalized spacial score (nSPS) is 21.2. The number of carbonyl (C=O) groups excluding carboxylic acids is 1. The van der Waals surface area contributed by atoms with E-state index in [0.29, 0.717) is 17.8 Å². The first kappa shape index (κ1) is 18.1. The minimum Gasteiger partial charge on any atom is -0.481 e. The van der Waals surface area contributed by atoms with Crippen LogP contribution in [0.3, 0.4) is 0 Å². The first-order valence-corrected chi connectivity index (χ1v) is 9.04. The van der Waals surface area contributed by atoms with Gasteiger partial charge in [0.2, 0.25) is 0 Å². The zero-order valence-electron chi connectivity index (χ0n) is 12.9. The lowest BCUT2D eigenvalue weighted by atomic mass is 10.1. The predicted octanol–water partition coefficient (Wildman–Crippen LogP) is 2.99. The van der Waals surface area contributed by atoms with E-state index in [1.54, 1.807) is 0 Å². The van der Waals surface area contributed by atoms with Crippen molar-refractivity contribution in [2.45, 2.75) is 69.6 Å². The van der Waals surface area contributed by atoms with Crippen molar-refractivity contribution in [3.63, 3.8) is 0 Å². The molecule has 0 aromatic heterocycles. The minimum absolute atomic E-state index is 0.0623. The Morgan fingerprint density at radius 2 is 1.95 bits per heavy atom. The van der Waals surface area contributed by atoms with Crippen molar-refractivity contribution in [1.82, 2.24) is 10.6 Å². The van der Waals surface area contributed by atoms with E-state index in [1.807, 2.05) is 11.8 Å². The third-order valence-electron chi connectivity index (χ3n) is 3.73. The van der Waals surface area contributed by atoms with Crippen molar-refractivity contribution in [1.29, 1.82) is 0 Å². The van der Waals surface area contributed by atoms with Gasteiger partial charge in [0.05, 0.1) is 0 Å². The molecule has 1 aliphatic carbocycles. The third kappa shape index (κ3) is 8.86. The molecule has 122 valence electrons. The Bertz CT molecular complexity index is 326. The highest BCUT2D eigenvalue weighted by molar-refractivity contribution is 7.99. The SMILES string of the molecule is CCSC1CCC(NC(=O)NCCCCCCC(=O)O)C1. The van der Waals surface area contributed by atoms with E-state index in [4.69, 9.17) is 5.11 Å². The van der Waals surface area contributed by atoms with Gasteiger partial charge in [0.1, 0.15) is 0 Å². The van der Waals surface area contributed by atoms with Crippen molar-refractivity contribution in [3.8, 4) is 0 Å². The maximum atomic E-state index is 11.7. The van der Waals surface area contributed by atoms with Crippen LogP contribution in [0.1, 0.15) is 58.3 Å². The van der Waals surface area contributed by atoms with Crippen LogP contribution in [0.25, 0.3) is 0 Å². The molecule has 2 unspecified atom stereocenters. The highest BCUT2D eigenvalue weighted by Gasteiger charge is 2.25. The van der Waals surface area contributed by atoms with Crippen LogP contribution in [0, 0.1) is 0 Å². The van der Waals surface area contributed by atoms with Gasteiger partial charge in [-0.25, -0.2) is 4.79 Å². The Morgan fingerprint density at radius 3 is 2.67 bits per heavy atom. The molecule has 21 heavy (non-hydrogen) atoms. The summed E-state index contributed by atoms with van der Waals surface area (Å²) >= 11 is 1.99. The van der Waals surface area contributed by atoms with Gasteiger partial charge in [-0.1, -0.05) is 19.8 Å². The molecule has 0 aliphatic heterocycles. The van der Waals surface area contributed by atoms with E-state index < -0.39 is 5.97 Å². The summed E-state index contributed by atoms with van der Waals surface area (Å²) in [4.78, 5) is 22.1. The van der Waals surface area contributed by atoms with Gasteiger partial charge in [0, 0.05) is 24.3 Å². The Hall–Kier alpha value is -0.910. The maximum Gasteiger partial charge on any atom is 0.315 e. The van der Waals surface area contributed by atoms with Gasteiger partial charge < -0.3 is 15.7 Å². The van der Waals surface area contributed by atoms with Gasteiger partial charge in [-0.3, -0.25) is 4.79 Å². The second kappa shape index (κ2) is 10.8. The number of rotatable bonds is 10. The second-order valence-corrected chi connectivity index (χ2v) is 7.12. The fourth-order valence-electron chi connectivity index (χ4n) is 2.65. The number of nitrogens with one attached hydrogen (secondary N) is 2. The van der Waals surface area contributed by atoms with Gasteiger partial charge in [0.15, 0.2) is 0 Å². The molecule has 1 saturated carbocycles. The monoisotopic (exact) mass is 316 g/mol. The van der Waals surface area contributed by atoms with Gasteiger partial charge >= 0.3 is 12.0 Å². The topological polar surface area (TPSA) is 78.4 Å². The maximum absolute atomic E-state index is 11.7. The number of amides is 2. The number of aliphatic carboxylic acids is 1. The summed E-state index contributed by atoms with van der Waals surface area (Å²) in [6.45, 7) is 2.84. The highest BCUT2D eigenvalue weighted by atomic mass is 32.2. The molecule has 0 bridgehead atoms. The van der Waals surface area contributed by atoms with Crippen LogP contribution < -0.4 is 10.6 Å². The molecule has 0 spiro atoms. The summed E-state index contributed by atoms with van der Waals surface area (Å²) < 4.78 is 0. The molecule has 2 amide bonds. The lowest BCUT2D eigenvalue weighted by Crippen LogP contribution is -2.41. The smallest absolute Gasteiger partial charge is 0.315 e. The van der Waals surface area contributed by atoms with Crippen LogP contribution in [0.5, 0.6) is 0 Å². The summed E-state index contributed by atoms with van der Waals surface area (Å²) in [5.41, 5.74) is 0. The Balaban J connectivity index is 1.96. The van der Waals surface area contributed by atoms with Crippen molar-refractivity contribution in [2.24, 2.45) is 0 Å². The molecular formula is C15H28N2O3S. The van der Waals surface area contributed by atoms with E-state index in [1.165, 1.54) is 6.42 Å². The molecule has 1 rings (SSSR count). The number of carbonyl (C=O) groups is 2. The number of unbranched alkanes of at least 4 members (excludes halogenated alkanes) is 3. The number of carboxylic acids is 1. The summed E-state index contributed by atoms with van der Waals surface area (Å²) in [6.07, 6.45) is 7.12. The quantitative estimate of drug-likeness (QED) is 0.541. The van der Waals surface area contributed by atoms with Crippen molar-refractivity contribution in [3.05, 3.63) is 0 Å². The molecular weight excluding hydrogens is 288 g/mol. The van der Waals surface area contributed by atoms with Crippen LogP contribution in [0.4, 0.5) is 4.79 Å². The van der Waals surface area contributed by atoms with Crippen LogP contribution in [-0.2, 0) is 4.79 Å². The van der Waals surface area contributed by atoms with Crippen LogP contribution in [0.15, 0.2) is 0 Å². The standard InChI is InChI=1S/C15H28N2O3S/c1-2-21-13-9-8-12(11-13)17-15(20)16-10-6-4-3-5-7-14(18)19/h12-13H,2-11H2,1H3,(H,18,19)(H2,16,17,20). The molecule has 2 atom stereocenters. The molecule has 1 fully saturated rings. The Kier molecular flexibility index (Phi) is 9.30. The van der Waals surface area contributed by atoms with Crippen LogP contribution >= 0.6 is 11.8 Å². The number of hydrogen-bond acceptors (Lipinski definition) is 3. The minimum atomic E-state index is -0.733. The fourth-order valence-corrected chi connectivity index (χ4v) is 3.79. The predicted molar refractivity (Wildman–Crippen MR) is 86.8 cm³/mol. The lowest BCUT2D eigenvalue weighted by molar-refractivity contribution is -0.137. The van der Waals surface area contributed by atoms with Gasteiger partial charge in [0.25, 0.3) is 0 Å².